The van der Waals surface area contributed by atoms with Crippen LogP contribution in [0.3, 0.4) is 0 Å². The van der Waals surface area contributed by atoms with E-state index in [0.717, 1.165) is 18.2 Å². The summed E-state index contributed by atoms with van der Waals surface area (Å²) >= 11 is 12.3. The number of guanidine groups is 1. The van der Waals surface area contributed by atoms with Crippen LogP contribution in [0.5, 0.6) is 5.75 Å². The molecule has 0 saturated heterocycles. The van der Waals surface area contributed by atoms with Gasteiger partial charge in [-0.2, -0.15) is 10.4 Å². The van der Waals surface area contributed by atoms with Crippen LogP contribution in [0.15, 0.2) is 46.5 Å². The molecule has 0 bridgehead atoms. The zero-order valence-corrected chi connectivity index (χ0v) is 23.7. The molecule has 9 nitrogen and oxygen atoms in total. The van der Waals surface area contributed by atoms with Gasteiger partial charge in [0, 0.05) is 19.0 Å². The fourth-order valence-electron chi connectivity index (χ4n) is 4.01. The molecule has 0 saturated carbocycles. The molecule has 3 N–H and O–H groups in total. The molecule has 0 aliphatic carbocycles. The van der Waals surface area contributed by atoms with E-state index in [9.17, 15) is 27.6 Å². The molecule has 1 aliphatic rings. The monoisotopic (exact) mass is 615 g/mol. The number of nitrogens with two attached hydrogens (primary N) is 1. The minimum Gasteiger partial charge on any atom is -0.403 e. The molecule has 1 aliphatic heterocycles. The van der Waals surface area contributed by atoms with Crippen molar-refractivity contribution in [1.29, 1.82) is 5.26 Å². The number of ether oxygens (including phenoxy) is 1. The van der Waals surface area contributed by atoms with Crippen LogP contribution in [0.4, 0.5) is 23.2 Å². The summed E-state index contributed by atoms with van der Waals surface area (Å²) < 4.78 is 56.7. The number of benzene rings is 2. The third-order valence-electron chi connectivity index (χ3n) is 6.17. The van der Waals surface area contributed by atoms with Gasteiger partial charge in [-0.05, 0) is 42.7 Å². The van der Waals surface area contributed by atoms with Gasteiger partial charge in [0.15, 0.2) is 17.8 Å². The molecule has 0 radical (unpaired) electrons. The van der Waals surface area contributed by atoms with Gasteiger partial charge in [-0.1, -0.05) is 49.2 Å². The molecule has 220 valence electrons. The molecule has 1 amide bonds. The summed E-state index contributed by atoms with van der Waals surface area (Å²) in [6.07, 6.45) is -3.45. The maximum absolute atomic E-state index is 14.9. The molecule has 2 aromatic rings. The number of nitrogens with one attached hydrogen (secondary N) is 1. The average molecular weight is 616 g/mol. The standard InChI is InChI=1S/C26H27Cl2F4N7O2/c1-4-38(24(40)22(34)14(2)3)11-16-12-39(37-23(16)15-8-9-17(27)18(28)10-15)25(35-13-33)36-19-6-5-7-20(21(19)29)41-26(30,31)32/h5-10,14,16,22H,4,11-12,34H2,1-3H3,(H,35,36)/t16?,22-/m1/s1. The van der Waals surface area contributed by atoms with Crippen molar-refractivity contribution in [3.8, 4) is 11.9 Å². The normalized spacial score (nSPS) is 16.3. The van der Waals surface area contributed by atoms with Gasteiger partial charge < -0.3 is 15.4 Å². The summed E-state index contributed by atoms with van der Waals surface area (Å²) in [4.78, 5) is 18.7. The first-order chi connectivity index (χ1) is 19.2. The summed E-state index contributed by atoms with van der Waals surface area (Å²) in [6.45, 7) is 6.05. The first-order valence-corrected chi connectivity index (χ1v) is 13.1. The largest absolute Gasteiger partial charge is 0.573 e. The molecule has 1 unspecified atom stereocenters. The first kappa shape index (κ1) is 31.9. The van der Waals surface area contributed by atoms with E-state index in [1.54, 1.807) is 36.2 Å². The summed E-state index contributed by atoms with van der Waals surface area (Å²) in [5.74, 6) is -3.59. The van der Waals surface area contributed by atoms with E-state index in [0.29, 0.717) is 22.8 Å². The Bertz CT molecular complexity index is 1380. The maximum atomic E-state index is 14.9. The number of aliphatic imine (C=N–C) groups is 1. The van der Waals surface area contributed by atoms with E-state index in [1.807, 2.05) is 13.8 Å². The Morgan fingerprint density at radius 1 is 1.32 bits per heavy atom. The number of alkyl halides is 3. The number of hydrogen-bond donors (Lipinski definition) is 2. The number of hydrazone groups is 1. The minimum absolute atomic E-state index is 0.0597. The van der Waals surface area contributed by atoms with Crippen LogP contribution in [0.1, 0.15) is 26.3 Å². The second-order valence-electron chi connectivity index (χ2n) is 9.35. The number of carbonyl (C=O) groups excluding carboxylic acids is 1. The Hall–Kier alpha value is -3.60. The number of nitriles is 1. The lowest BCUT2D eigenvalue weighted by Gasteiger charge is -2.29. The highest BCUT2D eigenvalue weighted by atomic mass is 35.5. The molecule has 0 spiro atoms. The van der Waals surface area contributed by atoms with Gasteiger partial charge in [-0.3, -0.25) is 10.1 Å². The van der Waals surface area contributed by atoms with Gasteiger partial charge in [0.25, 0.3) is 0 Å². The van der Waals surface area contributed by atoms with Gasteiger partial charge in [-0.25, -0.2) is 14.4 Å². The molecule has 15 heteroatoms. The highest BCUT2D eigenvalue weighted by Gasteiger charge is 2.35. The summed E-state index contributed by atoms with van der Waals surface area (Å²) in [7, 11) is 0. The van der Waals surface area contributed by atoms with Crippen molar-refractivity contribution in [1.82, 2.24) is 15.2 Å². The van der Waals surface area contributed by atoms with Gasteiger partial charge >= 0.3 is 6.36 Å². The highest BCUT2D eigenvalue weighted by Crippen LogP contribution is 2.32. The third kappa shape index (κ3) is 8.00. The van der Waals surface area contributed by atoms with E-state index in [4.69, 9.17) is 28.9 Å². The fourth-order valence-corrected chi connectivity index (χ4v) is 4.31. The lowest BCUT2D eigenvalue weighted by molar-refractivity contribution is -0.275. The zero-order chi connectivity index (χ0) is 30.5. The van der Waals surface area contributed by atoms with E-state index in [1.165, 1.54) is 5.01 Å². The Labute approximate surface area is 244 Å². The lowest BCUT2D eigenvalue weighted by atomic mass is 9.96. The highest BCUT2D eigenvalue weighted by molar-refractivity contribution is 6.42. The Balaban J connectivity index is 2.04. The van der Waals surface area contributed by atoms with E-state index in [-0.39, 0.29) is 35.9 Å². The Kier molecular flexibility index (Phi) is 10.4. The van der Waals surface area contributed by atoms with Crippen LogP contribution in [0, 0.1) is 29.1 Å². The van der Waals surface area contributed by atoms with Gasteiger partial charge in [0.05, 0.1) is 28.3 Å². The molecule has 41 heavy (non-hydrogen) atoms. The van der Waals surface area contributed by atoms with Crippen molar-refractivity contribution >= 4 is 46.5 Å². The molecule has 0 aromatic heterocycles. The number of rotatable bonds is 8. The second-order valence-corrected chi connectivity index (χ2v) is 10.2. The minimum atomic E-state index is -5.13. The zero-order valence-electron chi connectivity index (χ0n) is 22.2. The summed E-state index contributed by atoms with van der Waals surface area (Å²) in [6, 6.07) is 7.13. The number of nitrogens with zero attached hydrogens (tertiary/aromatic N) is 5. The summed E-state index contributed by atoms with van der Waals surface area (Å²) in [5.41, 5.74) is 6.59. The van der Waals surface area contributed by atoms with Gasteiger partial charge in [0.1, 0.15) is 5.69 Å². The fraction of sp³-hybridized carbons (Fsp3) is 0.385. The van der Waals surface area contributed by atoms with Crippen molar-refractivity contribution in [2.75, 3.05) is 19.6 Å². The van der Waals surface area contributed by atoms with Crippen LogP contribution in [-0.4, -0.2) is 59.5 Å². The van der Waals surface area contributed by atoms with Gasteiger partial charge in [0.2, 0.25) is 11.9 Å². The number of hydrogen-bond acceptors (Lipinski definition) is 6. The molecule has 3 rings (SSSR count). The molecule has 0 fully saturated rings. The van der Waals surface area contributed by atoms with Crippen molar-refractivity contribution < 1.29 is 27.1 Å². The topological polar surface area (TPSA) is 119 Å². The van der Waals surface area contributed by atoms with Crippen molar-refractivity contribution in [3.63, 3.8) is 0 Å². The third-order valence-corrected chi connectivity index (χ3v) is 6.91. The molecule has 2 atom stereocenters. The van der Waals surface area contributed by atoms with Crippen LogP contribution < -0.4 is 15.8 Å². The number of amides is 1. The number of carbonyl (C=O) groups is 1. The number of likely N-dealkylation sites (N-methyl/N-ethyl adjacent to an activating group) is 1. The quantitative estimate of drug-likeness (QED) is 0.137. The Morgan fingerprint density at radius 3 is 2.61 bits per heavy atom. The number of halogens is 6. The second kappa shape index (κ2) is 13.4. The predicted molar refractivity (Wildman–Crippen MR) is 147 cm³/mol. The molecule has 2 aromatic carbocycles. The molecule has 1 heterocycles. The molecular formula is C26H27Cl2F4N7O2. The SMILES string of the molecule is CCN(CC1CN(C(=Nc2cccc(OC(F)(F)F)c2F)NC#N)N=C1c1ccc(Cl)c(Cl)c1)C(=O)[C@H](N)C(C)C. The van der Waals surface area contributed by atoms with E-state index in [2.05, 4.69) is 20.1 Å². The van der Waals surface area contributed by atoms with Crippen LogP contribution in [0.2, 0.25) is 10.0 Å². The van der Waals surface area contributed by atoms with Crippen molar-refractivity contribution in [2.45, 2.75) is 33.2 Å². The van der Waals surface area contributed by atoms with Crippen LogP contribution in [0.25, 0.3) is 0 Å². The smallest absolute Gasteiger partial charge is 0.403 e. The van der Waals surface area contributed by atoms with Gasteiger partial charge in [-0.15, -0.1) is 13.2 Å². The van der Waals surface area contributed by atoms with Crippen LogP contribution >= 0.6 is 23.2 Å². The maximum Gasteiger partial charge on any atom is 0.573 e. The molecular weight excluding hydrogens is 589 g/mol. The Morgan fingerprint density at radius 2 is 2.02 bits per heavy atom. The van der Waals surface area contributed by atoms with Crippen molar-refractivity contribution in [3.05, 3.63) is 57.8 Å². The van der Waals surface area contributed by atoms with E-state index >= 15 is 0 Å². The average Bonchev–Trinajstić information content (AvgIpc) is 3.32. The van der Waals surface area contributed by atoms with E-state index < -0.39 is 35.6 Å². The summed E-state index contributed by atoms with van der Waals surface area (Å²) in [5, 5.41) is 18.0. The predicted octanol–water partition coefficient (Wildman–Crippen LogP) is 5.26. The first-order valence-electron chi connectivity index (χ1n) is 12.4. The lowest BCUT2D eigenvalue weighted by Crippen LogP contribution is -2.49. The van der Waals surface area contributed by atoms with Crippen LogP contribution in [-0.2, 0) is 4.79 Å². The van der Waals surface area contributed by atoms with Crippen molar-refractivity contribution in [2.24, 2.45) is 27.7 Å².